The summed E-state index contributed by atoms with van der Waals surface area (Å²) in [6.07, 6.45) is 2.42. The molecule has 2 aromatic carbocycles. The molecule has 0 amide bonds. The first kappa shape index (κ1) is 12.9. The molecule has 0 unspecified atom stereocenters. The Balaban J connectivity index is 1.49. The SMILES string of the molecule is N#Cc1cccc(CNC2CC(c3ccccc3)C2)c1. The Morgan fingerprint density at radius 3 is 2.60 bits per heavy atom. The Morgan fingerprint density at radius 1 is 1.05 bits per heavy atom. The van der Waals surface area contributed by atoms with Crippen molar-refractivity contribution in [2.45, 2.75) is 31.3 Å². The van der Waals surface area contributed by atoms with Crippen LogP contribution in [0, 0.1) is 11.3 Å². The summed E-state index contributed by atoms with van der Waals surface area (Å²) < 4.78 is 0. The number of hydrogen-bond acceptors (Lipinski definition) is 2. The number of benzene rings is 2. The highest BCUT2D eigenvalue weighted by atomic mass is 14.9. The van der Waals surface area contributed by atoms with Gasteiger partial charge in [-0.05, 0) is 42.0 Å². The van der Waals surface area contributed by atoms with Crippen LogP contribution in [-0.2, 0) is 6.54 Å². The highest BCUT2D eigenvalue weighted by Crippen LogP contribution is 2.36. The molecular formula is C18H18N2. The minimum absolute atomic E-state index is 0.603. The molecule has 3 rings (SSSR count). The van der Waals surface area contributed by atoms with Crippen LogP contribution in [0.25, 0.3) is 0 Å². The molecule has 0 saturated heterocycles. The Kier molecular flexibility index (Phi) is 3.80. The van der Waals surface area contributed by atoms with E-state index in [1.165, 1.54) is 24.0 Å². The number of nitriles is 1. The summed E-state index contributed by atoms with van der Waals surface area (Å²) in [6.45, 7) is 0.849. The topological polar surface area (TPSA) is 35.8 Å². The van der Waals surface area contributed by atoms with Crippen molar-refractivity contribution < 1.29 is 0 Å². The van der Waals surface area contributed by atoms with Crippen LogP contribution in [0.2, 0.25) is 0 Å². The second-order valence-electron chi connectivity index (χ2n) is 5.47. The standard InChI is InChI=1S/C18H18N2/c19-12-14-5-4-6-15(9-14)13-20-18-10-17(11-18)16-7-2-1-3-8-16/h1-9,17-18,20H,10-11,13H2. The van der Waals surface area contributed by atoms with Crippen molar-refractivity contribution in [3.05, 3.63) is 71.3 Å². The molecule has 2 aromatic rings. The fraction of sp³-hybridized carbons (Fsp3) is 0.278. The Morgan fingerprint density at radius 2 is 1.85 bits per heavy atom. The van der Waals surface area contributed by atoms with Gasteiger partial charge in [0.05, 0.1) is 11.6 Å². The van der Waals surface area contributed by atoms with E-state index in [0.29, 0.717) is 12.0 Å². The van der Waals surface area contributed by atoms with Crippen molar-refractivity contribution in [3.8, 4) is 6.07 Å². The maximum absolute atomic E-state index is 8.89. The Labute approximate surface area is 120 Å². The van der Waals surface area contributed by atoms with Gasteiger partial charge in [0, 0.05) is 12.6 Å². The zero-order chi connectivity index (χ0) is 13.8. The molecule has 1 N–H and O–H groups in total. The second kappa shape index (κ2) is 5.90. The molecule has 1 aliphatic carbocycles. The molecule has 0 atom stereocenters. The lowest BCUT2D eigenvalue weighted by Crippen LogP contribution is -2.39. The lowest BCUT2D eigenvalue weighted by Gasteiger charge is -2.36. The van der Waals surface area contributed by atoms with Gasteiger partial charge in [-0.2, -0.15) is 5.26 Å². The minimum atomic E-state index is 0.603. The monoisotopic (exact) mass is 262 g/mol. The van der Waals surface area contributed by atoms with Crippen LogP contribution in [0.5, 0.6) is 0 Å². The molecule has 1 aliphatic rings. The second-order valence-corrected chi connectivity index (χ2v) is 5.47. The minimum Gasteiger partial charge on any atom is -0.310 e. The van der Waals surface area contributed by atoms with Crippen LogP contribution in [0.15, 0.2) is 54.6 Å². The summed E-state index contributed by atoms with van der Waals surface area (Å²) in [6, 6.07) is 21.3. The summed E-state index contributed by atoms with van der Waals surface area (Å²) in [5, 5.41) is 12.5. The van der Waals surface area contributed by atoms with Gasteiger partial charge in [-0.1, -0.05) is 42.5 Å². The van der Waals surface area contributed by atoms with E-state index in [4.69, 9.17) is 5.26 Å². The zero-order valence-electron chi connectivity index (χ0n) is 11.4. The maximum Gasteiger partial charge on any atom is 0.0991 e. The third-order valence-corrected chi connectivity index (χ3v) is 4.06. The van der Waals surface area contributed by atoms with Gasteiger partial charge in [-0.25, -0.2) is 0 Å². The van der Waals surface area contributed by atoms with Crippen molar-refractivity contribution >= 4 is 0 Å². The first-order valence-corrected chi connectivity index (χ1v) is 7.12. The van der Waals surface area contributed by atoms with E-state index in [0.717, 1.165) is 12.1 Å². The number of hydrogen-bond donors (Lipinski definition) is 1. The quantitative estimate of drug-likeness (QED) is 0.914. The average molecular weight is 262 g/mol. The fourth-order valence-electron chi connectivity index (χ4n) is 2.79. The first-order chi connectivity index (χ1) is 9.85. The van der Waals surface area contributed by atoms with E-state index in [1.807, 2.05) is 18.2 Å². The molecule has 0 radical (unpaired) electrons. The van der Waals surface area contributed by atoms with Gasteiger partial charge in [0.15, 0.2) is 0 Å². The van der Waals surface area contributed by atoms with Gasteiger partial charge in [0.1, 0.15) is 0 Å². The van der Waals surface area contributed by atoms with Gasteiger partial charge >= 0.3 is 0 Å². The van der Waals surface area contributed by atoms with Gasteiger partial charge in [-0.3, -0.25) is 0 Å². The van der Waals surface area contributed by atoms with Crippen LogP contribution in [0.3, 0.4) is 0 Å². The molecule has 0 aliphatic heterocycles. The molecule has 20 heavy (non-hydrogen) atoms. The Hall–Kier alpha value is -2.11. The van der Waals surface area contributed by atoms with Crippen molar-refractivity contribution in [1.29, 1.82) is 5.26 Å². The summed E-state index contributed by atoms with van der Waals surface area (Å²) >= 11 is 0. The van der Waals surface area contributed by atoms with Crippen molar-refractivity contribution in [1.82, 2.24) is 5.32 Å². The van der Waals surface area contributed by atoms with Gasteiger partial charge in [0.25, 0.3) is 0 Å². The van der Waals surface area contributed by atoms with Gasteiger partial charge in [-0.15, -0.1) is 0 Å². The van der Waals surface area contributed by atoms with E-state index >= 15 is 0 Å². The van der Waals surface area contributed by atoms with Gasteiger partial charge < -0.3 is 5.32 Å². The maximum atomic E-state index is 8.89. The lowest BCUT2D eigenvalue weighted by atomic mass is 9.76. The highest BCUT2D eigenvalue weighted by Gasteiger charge is 2.29. The largest absolute Gasteiger partial charge is 0.310 e. The predicted molar refractivity (Wildman–Crippen MR) is 80.2 cm³/mol. The number of rotatable bonds is 4. The summed E-state index contributed by atoms with van der Waals surface area (Å²) in [5.41, 5.74) is 3.38. The van der Waals surface area contributed by atoms with Crippen molar-refractivity contribution in [2.24, 2.45) is 0 Å². The van der Waals surface area contributed by atoms with E-state index in [-0.39, 0.29) is 0 Å². The third kappa shape index (κ3) is 2.89. The van der Waals surface area contributed by atoms with Crippen LogP contribution < -0.4 is 5.32 Å². The molecular weight excluding hydrogens is 244 g/mol. The van der Waals surface area contributed by atoms with Crippen LogP contribution in [0.1, 0.15) is 35.4 Å². The van der Waals surface area contributed by atoms with Crippen LogP contribution >= 0.6 is 0 Å². The smallest absolute Gasteiger partial charge is 0.0991 e. The molecule has 0 bridgehead atoms. The summed E-state index contributed by atoms with van der Waals surface area (Å²) in [5.74, 6) is 0.708. The first-order valence-electron chi connectivity index (χ1n) is 7.12. The third-order valence-electron chi connectivity index (χ3n) is 4.06. The summed E-state index contributed by atoms with van der Waals surface area (Å²) in [4.78, 5) is 0. The normalized spacial score (nSPS) is 20.9. The van der Waals surface area contributed by atoms with E-state index in [1.54, 1.807) is 0 Å². The number of nitrogens with zero attached hydrogens (tertiary/aromatic N) is 1. The highest BCUT2D eigenvalue weighted by molar-refractivity contribution is 5.32. The number of nitrogens with one attached hydrogen (secondary N) is 1. The van der Waals surface area contributed by atoms with Crippen molar-refractivity contribution in [3.63, 3.8) is 0 Å². The molecule has 1 saturated carbocycles. The molecule has 0 heterocycles. The molecule has 2 heteroatoms. The van der Waals surface area contributed by atoms with E-state index in [2.05, 4.69) is 47.8 Å². The van der Waals surface area contributed by atoms with E-state index < -0.39 is 0 Å². The van der Waals surface area contributed by atoms with E-state index in [9.17, 15) is 0 Å². The summed E-state index contributed by atoms with van der Waals surface area (Å²) in [7, 11) is 0. The molecule has 1 fully saturated rings. The average Bonchev–Trinajstić information content (AvgIpc) is 2.47. The Bertz CT molecular complexity index is 607. The molecule has 0 spiro atoms. The molecule has 0 aromatic heterocycles. The molecule has 100 valence electrons. The zero-order valence-corrected chi connectivity index (χ0v) is 11.4. The lowest BCUT2D eigenvalue weighted by molar-refractivity contribution is 0.289. The van der Waals surface area contributed by atoms with Crippen LogP contribution in [-0.4, -0.2) is 6.04 Å². The predicted octanol–water partition coefficient (Wildman–Crippen LogP) is 3.59. The molecule has 2 nitrogen and oxygen atoms in total. The van der Waals surface area contributed by atoms with Crippen molar-refractivity contribution in [2.75, 3.05) is 0 Å². The van der Waals surface area contributed by atoms with Crippen LogP contribution in [0.4, 0.5) is 0 Å². The fourth-order valence-corrected chi connectivity index (χ4v) is 2.79. The van der Waals surface area contributed by atoms with Gasteiger partial charge in [0.2, 0.25) is 0 Å².